The van der Waals surface area contributed by atoms with Crippen molar-refractivity contribution in [2.75, 3.05) is 11.5 Å². The molecule has 19 heavy (non-hydrogen) atoms. The summed E-state index contributed by atoms with van der Waals surface area (Å²) >= 11 is 8.01. The molecule has 0 amide bonds. The number of rotatable bonds is 5. The van der Waals surface area contributed by atoms with E-state index in [1.807, 2.05) is 17.8 Å². The highest BCUT2D eigenvalue weighted by Crippen LogP contribution is 2.28. The minimum Gasteiger partial charge on any atom is -0.271 e. The third-order valence-corrected chi connectivity index (χ3v) is 5.16. The van der Waals surface area contributed by atoms with Crippen LogP contribution in [-0.4, -0.2) is 17.5 Å². The summed E-state index contributed by atoms with van der Waals surface area (Å²) in [5, 5.41) is 0.224. The van der Waals surface area contributed by atoms with Crippen LogP contribution in [0.25, 0.3) is 0 Å². The summed E-state index contributed by atoms with van der Waals surface area (Å²) in [6, 6.07) is 5.11. The van der Waals surface area contributed by atoms with Crippen molar-refractivity contribution < 1.29 is 4.39 Å². The lowest BCUT2D eigenvalue weighted by molar-refractivity contribution is 0.365. The van der Waals surface area contributed by atoms with E-state index >= 15 is 0 Å². The average molecular weight is 303 g/mol. The highest BCUT2D eigenvalue weighted by molar-refractivity contribution is 7.99. The Morgan fingerprint density at radius 3 is 2.84 bits per heavy atom. The van der Waals surface area contributed by atoms with Crippen LogP contribution in [0, 0.1) is 11.7 Å². The lowest BCUT2D eigenvalue weighted by atomic mass is 9.91. The van der Waals surface area contributed by atoms with Gasteiger partial charge in [0.1, 0.15) is 5.82 Å². The van der Waals surface area contributed by atoms with Crippen molar-refractivity contribution in [1.82, 2.24) is 5.43 Å². The molecule has 3 N–H and O–H groups in total. The molecule has 1 aromatic rings. The van der Waals surface area contributed by atoms with E-state index in [1.54, 1.807) is 6.07 Å². The average Bonchev–Trinajstić information content (AvgIpc) is 2.44. The number of thioether (sulfide) groups is 1. The number of halogens is 2. The molecular formula is C14H20ClFN2S. The van der Waals surface area contributed by atoms with Gasteiger partial charge in [-0.3, -0.25) is 11.3 Å². The third kappa shape index (κ3) is 4.35. The van der Waals surface area contributed by atoms with E-state index in [2.05, 4.69) is 5.43 Å². The second-order valence-electron chi connectivity index (χ2n) is 5.07. The molecule has 0 aromatic heterocycles. The van der Waals surface area contributed by atoms with Crippen LogP contribution in [0.5, 0.6) is 0 Å². The van der Waals surface area contributed by atoms with Gasteiger partial charge in [0.15, 0.2) is 0 Å². The summed E-state index contributed by atoms with van der Waals surface area (Å²) in [5.74, 6) is 8.47. The van der Waals surface area contributed by atoms with Gasteiger partial charge >= 0.3 is 0 Å². The quantitative estimate of drug-likeness (QED) is 0.647. The molecular weight excluding hydrogens is 283 g/mol. The van der Waals surface area contributed by atoms with Crippen LogP contribution in [0.15, 0.2) is 18.2 Å². The van der Waals surface area contributed by atoms with Gasteiger partial charge in [-0.1, -0.05) is 23.7 Å². The maximum atomic E-state index is 13.4. The fourth-order valence-corrected chi connectivity index (χ4v) is 3.97. The Kier molecular flexibility index (Phi) is 5.95. The second-order valence-corrected chi connectivity index (χ2v) is 6.67. The maximum absolute atomic E-state index is 13.4. The molecule has 0 radical (unpaired) electrons. The van der Waals surface area contributed by atoms with Crippen molar-refractivity contribution in [2.24, 2.45) is 11.8 Å². The molecule has 0 saturated carbocycles. The number of hydrogen-bond acceptors (Lipinski definition) is 3. The Labute approximate surface area is 123 Å². The molecule has 1 atom stereocenters. The molecule has 1 heterocycles. The van der Waals surface area contributed by atoms with Gasteiger partial charge in [-0.2, -0.15) is 11.8 Å². The number of nitrogens with two attached hydrogens (primary N) is 1. The SMILES string of the molecule is NNC(Cc1cccc(F)c1Cl)CC1CCSCC1. The van der Waals surface area contributed by atoms with Crippen molar-refractivity contribution in [3.63, 3.8) is 0 Å². The van der Waals surface area contributed by atoms with E-state index in [0.717, 1.165) is 17.9 Å². The fourth-order valence-electron chi connectivity index (χ4n) is 2.57. The largest absolute Gasteiger partial charge is 0.271 e. The van der Waals surface area contributed by atoms with Crippen molar-refractivity contribution in [3.05, 3.63) is 34.6 Å². The highest BCUT2D eigenvalue weighted by atomic mass is 35.5. The zero-order chi connectivity index (χ0) is 13.7. The second kappa shape index (κ2) is 7.48. The van der Waals surface area contributed by atoms with Gasteiger partial charge in [0.2, 0.25) is 0 Å². The topological polar surface area (TPSA) is 38.0 Å². The Morgan fingerprint density at radius 2 is 2.16 bits per heavy atom. The smallest absolute Gasteiger partial charge is 0.142 e. The van der Waals surface area contributed by atoms with Gasteiger partial charge in [-0.05, 0) is 54.7 Å². The van der Waals surface area contributed by atoms with E-state index in [1.165, 1.54) is 30.4 Å². The first-order chi connectivity index (χ1) is 9.20. The zero-order valence-corrected chi connectivity index (χ0v) is 12.4. The minimum atomic E-state index is -0.357. The van der Waals surface area contributed by atoms with Crippen LogP contribution in [0.2, 0.25) is 5.02 Å². The predicted octanol–water partition coefficient (Wildman–Crippen LogP) is 3.39. The van der Waals surface area contributed by atoms with Gasteiger partial charge in [-0.15, -0.1) is 0 Å². The molecule has 1 unspecified atom stereocenters. The number of nitrogens with one attached hydrogen (secondary N) is 1. The van der Waals surface area contributed by atoms with Crippen molar-refractivity contribution in [2.45, 2.75) is 31.7 Å². The van der Waals surface area contributed by atoms with E-state index in [4.69, 9.17) is 17.4 Å². The summed E-state index contributed by atoms with van der Waals surface area (Å²) in [6.45, 7) is 0. The van der Waals surface area contributed by atoms with Crippen LogP contribution in [-0.2, 0) is 6.42 Å². The molecule has 2 rings (SSSR count). The first-order valence-electron chi connectivity index (χ1n) is 6.67. The molecule has 0 aliphatic carbocycles. The third-order valence-electron chi connectivity index (χ3n) is 3.69. The van der Waals surface area contributed by atoms with Crippen LogP contribution in [0.4, 0.5) is 4.39 Å². The van der Waals surface area contributed by atoms with Crippen LogP contribution in [0.3, 0.4) is 0 Å². The van der Waals surface area contributed by atoms with E-state index in [0.29, 0.717) is 6.42 Å². The highest BCUT2D eigenvalue weighted by Gasteiger charge is 2.20. The van der Waals surface area contributed by atoms with Gasteiger partial charge in [0.05, 0.1) is 5.02 Å². The summed E-state index contributed by atoms with van der Waals surface area (Å²) in [5.41, 5.74) is 3.69. The van der Waals surface area contributed by atoms with E-state index < -0.39 is 0 Å². The van der Waals surface area contributed by atoms with E-state index in [9.17, 15) is 4.39 Å². The molecule has 1 aromatic carbocycles. The molecule has 106 valence electrons. The van der Waals surface area contributed by atoms with Crippen molar-refractivity contribution in [3.8, 4) is 0 Å². The molecule has 1 saturated heterocycles. The van der Waals surface area contributed by atoms with Gasteiger partial charge in [0.25, 0.3) is 0 Å². The van der Waals surface area contributed by atoms with Gasteiger partial charge in [-0.25, -0.2) is 4.39 Å². The van der Waals surface area contributed by atoms with Crippen LogP contribution >= 0.6 is 23.4 Å². The molecule has 1 aliphatic rings. The molecule has 0 spiro atoms. The first kappa shape index (κ1) is 15.1. The van der Waals surface area contributed by atoms with Crippen molar-refractivity contribution >= 4 is 23.4 Å². The van der Waals surface area contributed by atoms with Crippen LogP contribution in [0.1, 0.15) is 24.8 Å². The summed E-state index contributed by atoms with van der Waals surface area (Å²) in [6.07, 6.45) is 4.21. The van der Waals surface area contributed by atoms with E-state index in [-0.39, 0.29) is 16.9 Å². The van der Waals surface area contributed by atoms with Gasteiger partial charge < -0.3 is 0 Å². The number of hydrazine groups is 1. The Hall–Kier alpha value is -0.290. The Balaban J connectivity index is 1.96. The summed E-state index contributed by atoms with van der Waals surface area (Å²) < 4.78 is 13.4. The molecule has 1 fully saturated rings. The molecule has 1 aliphatic heterocycles. The zero-order valence-electron chi connectivity index (χ0n) is 10.9. The predicted molar refractivity (Wildman–Crippen MR) is 80.9 cm³/mol. The van der Waals surface area contributed by atoms with Crippen molar-refractivity contribution in [1.29, 1.82) is 0 Å². The lowest BCUT2D eigenvalue weighted by Gasteiger charge is -2.26. The fraction of sp³-hybridized carbons (Fsp3) is 0.571. The monoisotopic (exact) mass is 302 g/mol. The van der Waals surface area contributed by atoms with Gasteiger partial charge in [0, 0.05) is 6.04 Å². The maximum Gasteiger partial charge on any atom is 0.142 e. The Morgan fingerprint density at radius 1 is 1.42 bits per heavy atom. The molecule has 0 bridgehead atoms. The normalized spacial score (nSPS) is 18.5. The first-order valence-corrected chi connectivity index (χ1v) is 8.20. The summed E-state index contributed by atoms with van der Waals surface area (Å²) in [4.78, 5) is 0. The number of hydrogen-bond donors (Lipinski definition) is 2. The lowest BCUT2D eigenvalue weighted by Crippen LogP contribution is -2.38. The minimum absolute atomic E-state index is 0.160. The molecule has 2 nitrogen and oxygen atoms in total. The standard InChI is InChI=1S/C14H20ClFN2S/c15-14-11(2-1-3-13(14)16)9-12(18-17)8-10-4-6-19-7-5-10/h1-3,10,12,18H,4-9,17H2. The summed E-state index contributed by atoms with van der Waals surface area (Å²) in [7, 11) is 0. The van der Waals surface area contributed by atoms with Crippen LogP contribution < -0.4 is 11.3 Å². The molecule has 5 heteroatoms. The Bertz CT molecular complexity index is 410. The number of benzene rings is 1.